The molecule has 1 aromatic heterocycles. The molecule has 0 radical (unpaired) electrons. The minimum Gasteiger partial charge on any atom is -0.320 e. The van der Waals surface area contributed by atoms with E-state index < -0.39 is 0 Å². The molecule has 1 heterocycles. The average Bonchev–Trinajstić information content (AvgIpc) is 2.62. The summed E-state index contributed by atoms with van der Waals surface area (Å²) >= 11 is 0. The van der Waals surface area contributed by atoms with Crippen molar-refractivity contribution in [2.45, 2.75) is 0 Å². The number of H-pyrrole nitrogens is 1. The van der Waals surface area contributed by atoms with Gasteiger partial charge in [-0.05, 0) is 17.5 Å². The quantitative estimate of drug-likeness (QED) is 0.596. The third-order valence-corrected chi connectivity index (χ3v) is 3.95. The minimum absolute atomic E-state index is 0.193. The molecule has 2 N–H and O–H groups in total. The molecular formula is C19H13N3O2. The van der Waals surface area contributed by atoms with Gasteiger partial charge in [0, 0.05) is 16.5 Å². The molecule has 5 nitrogen and oxygen atoms in total. The Morgan fingerprint density at radius 3 is 2.33 bits per heavy atom. The van der Waals surface area contributed by atoms with Crippen LogP contribution < -0.4 is 10.9 Å². The number of fused-ring (bicyclic) bond motifs is 2. The van der Waals surface area contributed by atoms with E-state index in [4.69, 9.17) is 0 Å². The van der Waals surface area contributed by atoms with Crippen molar-refractivity contribution in [2.75, 3.05) is 5.32 Å². The van der Waals surface area contributed by atoms with E-state index in [1.54, 1.807) is 24.3 Å². The van der Waals surface area contributed by atoms with Gasteiger partial charge in [-0.15, -0.1) is 0 Å². The van der Waals surface area contributed by atoms with Crippen molar-refractivity contribution >= 4 is 33.1 Å². The van der Waals surface area contributed by atoms with Crippen molar-refractivity contribution in [1.29, 1.82) is 0 Å². The highest BCUT2D eigenvalue weighted by Gasteiger charge is 2.15. The molecule has 0 fully saturated rings. The van der Waals surface area contributed by atoms with Crippen molar-refractivity contribution in [3.63, 3.8) is 0 Å². The Morgan fingerprint density at radius 2 is 1.50 bits per heavy atom. The van der Waals surface area contributed by atoms with E-state index in [1.807, 2.05) is 42.5 Å². The van der Waals surface area contributed by atoms with Crippen LogP contribution in [0.3, 0.4) is 0 Å². The summed E-state index contributed by atoms with van der Waals surface area (Å²) in [5, 5.41) is 12.2. The fraction of sp³-hybridized carbons (Fsp3) is 0. The van der Waals surface area contributed by atoms with Crippen LogP contribution in [-0.4, -0.2) is 16.1 Å². The van der Waals surface area contributed by atoms with E-state index in [-0.39, 0.29) is 17.2 Å². The molecule has 0 saturated carbocycles. The minimum atomic E-state index is -0.362. The van der Waals surface area contributed by atoms with Gasteiger partial charge in [0.15, 0.2) is 5.69 Å². The number of carbonyl (C=O) groups is 1. The number of hydrogen-bond donors (Lipinski definition) is 2. The standard InChI is InChI=1S/C19H13N3O2/c23-18-15-10-4-3-9-14(15)17(21-22-18)19(24)20-16-11-5-7-12-6-1-2-8-13(12)16/h1-11H,(H,20,24)(H,22,23). The monoisotopic (exact) mass is 315 g/mol. The lowest BCUT2D eigenvalue weighted by molar-refractivity contribution is 0.102. The van der Waals surface area contributed by atoms with E-state index in [0.29, 0.717) is 16.5 Å². The van der Waals surface area contributed by atoms with Gasteiger partial charge in [0.1, 0.15) is 0 Å². The molecular weight excluding hydrogens is 302 g/mol. The summed E-state index contributed by atoms with van der Waals surface area (Å²) in [6.07, 6.45) is 0. The van der Waals surface area contributed by atoms with Crippen LogP contribution in [-0.2, 0) is 0 Å². The van der Waals surface area contributed by atoms with Gasteiger partial charge in [-0.25, -0.2) is 5.10 Å². The fourth-order valence-electron chi connectivity index (χ4n) is 2.80. The first-order valence-corrected chi connectivity index (χ1v) is 7.50. The molecule has 0 saturated heterocycles. The number of rotatable bonds is 2. The van der Waals surface area contributed by atoms with E-state index >= 15 is 0 Å². The van der Waals surface area contributed by atoms with E-state index in [1.165, 1.54) is 0 Å². The van der Waals surface area contributed by atoms with Gasteiger partial charge in [-0.1, -0.05) is 54.6 Å². The number of benzene rings is 3. The van der Waals surface area contributed by atoms with E-state index in [9.17, 15) is 9.59 Å². The maximum absolute atomic E-state index is 12.7. The van der Waals surface area contributed by atoms with Crippen molar-refractivity contribution in [2.24, 2.45) is 0 Å². The highest BCUT2D eigenvalue weighted by Crippen LogP contribution is 2.24. The first-order valence-electron chi connectivity index (χ1n) is 7.50. The smallest absolute Gasteiger partial charge is 0.276 e. The van der Waals surface area contributed by atoms with Crippen LogP contribution in [0.1, 0.15) is 10.5 Å². The number of hydrogen-bond acceptors (Lipinski definition) is 3. The summed E-state index contributed by atoms with van der Waals surface area (Å²) in [4.78, 5) is 24.5. The van der Waals surface area contributed by atoms with Crippen LogP contribution >= 0.6 is 0 Å². The largest absolute Gasteiger partial charge is 0.320 e. The fourth-order valence-corrected chi connectivity index (χ4v) is 2.80. The van der Waals surface area contributed by atoms with Crippen molar-refractivity contribution < 1.29 is 4.79 Å². The van der Waals surface area contributed by atoms with Gasteiger partial charge in [-0.3, -0.25) is 9.59 Å². The van der Waals surface area contributed by atoms with E-state index in [2.05, 4.69) is 15.5 Å². The topological polar surface area (TPSA) is 74.8 Å². The van der Waals surface area contributed by atoms with Gasteiger partial charge < -0.3 is 5.32 Å². The van der Waals surface area contributed by atoms with E-state index in [0.717, 1.165) is 10.8 Å². The Morgan fingerprint density at radius 1 is 0.833 bits per heavy atom. The lowest BCUT2D eigenvalue weighted by Gasteiger charge is -2.09. The molecule has 24 heavy (non-hydrogen) atoms. The Balaban J connectivity index is 1.80. The van der Waals surface area contributed by atoms with Crippen LogP contribution in [0.5, 0.6) is 0 Å². The maximum Gasteiger partial charge on any atom is 0.276 e. The first kappa shape index (κ1) is 14.1. The number of aromatic amines is 1. The van der Waals surface area contributed by atoms with Crippen LogP contribution in [0.25, 0.3) is 21.5 Å². The third-order valence-electron chi connectivity index (χ3n) is 3.95. The Bertz CT molecular complexity index is 1130. The summed E-state index contributed by atoms with van der Waals surface area (Å²) < 4.78 is 0. The normalized spacial score (nSPS) is 10.8. The number of nitrogens with one attached hydrogen (secondary N) is 2. The molecule has 116 valence electrons. The zero-order valence-electron chi connectivity index (χ0n) is 12.6. The Kier molecular flexibility index (Phi) is 3.31. The molecule has 0 spiro atoms. The van der Waals surface area contributed by atoms with Crippen LogP contribution in [0, 0.1) is 0 Å². The summed E-state index contributed by atoms with van der Waals surface area (Å²) in [5.74, 6) is -0.362. The predicted molar refractivity (Wildman–Crippen MR) is 94.3 cm³/mol. The first-order chi connectivity index (χ1) is 11.7. The van der Waals surface area contributed by atoms with Crippen molar-refractivity contribution in [1.82, 2.24) is 10.2 Å². The highest BCUT2D eigenvalue weighted by atomic mass is 16.2. The molecule has 0 atom stereocenters. The Labute approximate surface area is 136 Å². The molecule has 0 unspecified atom stereocenters. The van der Waals surface area contributed by atoms with Gasteiger partial charge in [-0.2, -0.15) is 5.10 Å². The van der Waals surface area contributed by atoms with Gasteiger partial charge in [0.25, 0.3) is 11.5 Å². The molecule has 5 heteroatoms. The number of amides is 1. The van der Waals surface area contributed by atoms with Crippen LogP contribution in [0.15, 0.2) is 71.5 Å². The molecule has 0 bridgehead atoms. The van der Waals surface area contributed by atoms with Crippen LogP contribution in [0.4, 0.5) is 5.69 Å². The maximum atomic E-state index is 12.7. The molecule has 4 rings (SSSR count). The second kappa shape index (κ2) is 5.62. The SMILES string of the molecule is O=C(Nc1cccc2ccccc12)c1n[nH]c(=O)c2ccccc12. The summed E-state index contributed by atoms with van der Waals surface area (Å²) in [5.41, 5.74) is 0.584. The molecule has 4 aromatic rings. The lowest BCUT2D eigenvalue weighted by Crippen LogP contribution is -2.19. The highest BCUT2D eigenvalue weighted by molar-refractivity contribution is 6.13. The zero-order chi connectivity index (χ0) is 16.5. The number of aromatic nitrogens is 2. The number of nitrogens with zero attached hydrogens (tertiary/aromatic N) is 1. The molecule has 1 amide bonds. The number of anilines is 1. The summed E-state index contributed by atoms with van der Waals surface area (Å²) in [6, 6.07) is 20.4. The number of carbonyl (C=O) groups excluding carboxylic acids is 1. The molecule has 0 aliphatic heterocycles. The average molecular weight is 315 g/mol. The lowest BCUT2D eigenvalue weighted by atomic mass is 10.1. The second-order valence-electron chi connectivity index (χ2n) is 5.43. The molecule has 0 aliphatic carbocycles. The van der Waals surface area contributed by atoms with Crippen molar-refractivity contribution in [3.05, 3.63) is 82.8 Å². The van der Waals surface area contributed by atoms with Crippen molar-refractivity contribution in [3.8, 4) is 0 Å². The summed E-state index contributed by atoms with van der Waals surface area (Å²) in [6.45, 7) is 0. The van der Waals surface area contributed by atoms with Gasteiger partial charge in [0.2, 0.25) is 0 Å². The van der Waals surface area contributed by atoms with Crippen LogP contribution in [0.2, 0.25) is 0 Å². The Hall–Kier alpha value is -3.47. The van der Waals surface area contributed by atoms with Gasteiger partial charge >= 0.3 is 0 Å². The van der Waals surface area contributed by atoms with Gasteiger partial charge in [0.05, 0.1) is 5.39 Å². The zero-order valence-corrected chi connectivity index (χ0v) is 12.6. The molecule has 0 aliphatic rings. The third kappa shape index (κ3) is 2.32. The summed E-state index contributed by atoms with van der Waals surface area (Å²) in [7, 11) is 0. The predicted octanol–water partition coefficient (Wildman–Crippen LogP) is 3.33. The molecule has 3 aromatic carbocycles. The second-order valence-corrected chi connectivity index (χ2v) is 5.43.